The second-order valence-electron chi connectivity index (χ2n) is 5.24. The number of nitriles is 1. The van der Waals surface area contributed by atoms with Gasteiger partial charge in [0.05, 0.1) is 17.6 Å². The summed E-state index contributed by atoms with van der Waals surface area (Å²) in [7, 11) is 0. The summed E-state index contributed by atoms with van der Waals surface area (Å²) >= 11 is 3.39. The van der Waals surface area contributed by atoms with Gasteiger partial charge in [-0.05, 0) is 41.5 Å². The third-order valence-electron chi connectivity index (χ3n) is 3.59. The number of nitrogens with zero attached hydrogens (tertiary/aromatic N) is 1. The van der Waals surface area contributed by atoms with Crippen molar-refractivity contribution in [2.24, 2.45) is 0 Å². The lowest BCUT2D eigenvalue weighted by Gasteiger charge is -2.03. The standard InChI is InChI=1S/C20H12BrNO3/c21-17-7-5-14(6-8-17)19-10-9-18(25-19)11-16(12-22)13-1-3-15(4-2-13)20(23)24/h1-11H,(H,23,24)/p-1/b16-11+. The van der Waals surface area contributed by atoms with E-state index in [0.717, 1.165) is 10.0 Å². The maximum absolute atomic E-state index is 10.8. The van der Waals surface area contributed by atoms with E-state index < -0.39 is 5.97 Å². The van der Waals surface area contributed by atoms with Crippen molar-refractivity contribution < 1.29 is 14.3 Å². The van der Waals surface area contributed by atoms with Gasteiger partial charge in [0.1, 0.15) is 11.5 Å². The number of carboxylic acids is 1. The number of allylic oxidation sites excluding steroid dienone is 1. The SMILES string of the molecule is N#C/C(=C\c1ccc(-c2ccc(Br)cc2)o1)c1ccc(C(=O)[O-])cc1. The zero-order valence-electron chi connectivity index (χ0n) is 12.9. The van der Waals surface area contributed by atoms with Crippen LogP contribution in [0, 0.1) is 11.3 Å². The highest BCUT2D eigenvalue weighted by atomic mass is 79.9. The minimum absolute atomic E-state index is 0.0663. The number of rotatable bonds is 4. The summed E-state index contributed by atoms with van der Waals surface area (Å²) in [4.78, 5) is 10.8. The molecule has 4 nitrogen and oxygen atoms in total. The Morgan fingerprint density at radius 1 is 1.00 bits per heavy atom. The van der Waals surface area contributed by atoms with Crippen LogP contribution in [0.25, 0.3) is 23.0 Å². The Kier molecular flexibility index (Phi) is 4.82. The molecule has 25 heavy (non-hydrogen) atoms. The van der Waals surface area contributed by atoms with Crippen LogP contribution in [0.15, 0.2) is 69.6 Å². The predicted octanol–water partition coefficient (Wildman–Crippen LogP) is 4.14. The molecule has 0 atom stereocenters. The molecule has 1 heterocycles. The van der Waals surface area contributed by atoms with Crippen molar-refractivity contribution >= 4 is 33.5 Å². The number of carbonyl (C=O) groups is 1. The first-order valence-corrected chi connectivity index (χ1v) is 8.15. The summed E-state index contributed by atoms with van der Waals surface area (Å²) in [6.45, 7) is 0. The number of carbonyl (C=O) groups excluding carboxylic acids is 1. The van der Waals surface area contributed by atoms with Crippen LogP contribution in [0.2, 0.25) is 0 Å². The Balaban J connectivity index is 1.89. The summed E-state index contributed by atoms with van der Waals surface area (Å²) in [5.74, 6) is -0.0130. The average molecular weight is 393 g/mol. The monoisotopic (exact) mass is 392 g/mol. The Hall–Kier alpha value is -3.10. The predicted molar refractivity (Wildman–Crippen MR) is 96.1 cm³/mol. The molecule has 0 N–H and O–H groups in total. The van der Waals surface area contributed by atoms with E-state index in [1.54, 1.807) is 24.3 Å². The first-order chi connectivity index (χ1) is 12.1. The fourth-order valence-electron chi connectivity index (χ4n) is 2.31. The van der Waals surface area contributed by atoms with Crippen LogP contribution in [0.5, 0.6) is 0 Å². The Bertz CT molecular complexity index is 977. The smallest absolute Gasteiger partial charge is 0.134 e. The molecule has 1 aromatic heterocycles. The molecule has 2 aromatic carbocycles. The fourth-order valence-corrected chi connectivity index (χ4v) is 2.57. The third-order valence-corrected chi connectivity index (χ3v) is 4.12. The normalized spacial score (nSPS) is 11.1. The molecule has 0 aliphatic carbocycles. The summed E-state index contributed by atoms with van der Waals surface area (Å²) < 4.78 is 6.76. The molecule has 0 aliphatic rings. The van der Waals surface area contributed by atoms with Crippen LogP contribution in [-0.4, -0.2) is 5.97 Å². The molecule has 0 amide bonds. The number of benzene rings is 2. The van der Waals surface area contributed by atoms with Crippen molar-refractivity contribution in [2.75, 3.05) is 0 Å². The van der Waals surface area contributed by atoms with E-state index in [9.17, 15) is 15.2 Å². The van der Waals surface area contributed by atoms with Crippen LogP contribution in [0.4, 0.5) is 0 Å². The molecule has 3 aromatic rings. The highest BCUT2D eigenvalue weighted by molar-refractivity contribution is 9.10. The molecule has 0 unspecified atom stereocenters. The zero-order valence-corrected chi connectivity index (χ0v) is 14.5. The molecule has 0 aliphatic heterocycles. The van der Waals surface area contributed by atoms with E-state index in [1.165, 1.54) is 12.1 Å². The molecule has 0 saturated heterocycles. The van der Waals surface area contributed by atoms with E-state index in [1.807, 2.05) is 30.3 Å². The van der Waals surface area contributed by atoms with Gasteiger partial charge in [-0.1, -0.05) is 52.3 Å². The molecule has 0 spiro atoms. The lowest BCUT2D eigenvalue weighted by molar-refractivity contribution is -0.255. The van der Waals surface area contributed by atoms with Gasteiger partial charge in [0.15, 0.2) is 0 Å². The average Bonchev–Trinajstić information content (AvgIpc) is 3.09. The molecular formula is C20H11BrNO3-. The van der Waals surface area contributed by atoms with E-state index >= 15 is 0 Å². The third kappa shape index (κ3) is 3.87. The summed E-state index contributed by atoms with van der Waals surface area (Å²) in [6, 6.07) is 19.4. The van der Waals surface area contributed by atoms with Gasteiger partial charge in [0.25, 0.3) is 0 Å². The van der Waals surface area contributed by atoms with Gasteiger partial charge >= 0.3 is 0 Å². The highest BCUT2D eigenvalue weighted by Crippen LogP contribution is 2.26. The first-order valence-electron chi connectivity index (χ1n) is 7.36. The Morgan fingerprint density at radius 3 is 2.24 bits per heavy atom. The molecule has 0 bridgehead atoms. The summed E-state index contributed by atoms with van der Waals surface area (Å²) in [5.41, 5.74) is 1.98. The molecule has 0 fully saturated rings. The van der Waals surface area contributed by atoms with Gasteiger partial charge in [-0.15, -0.1) is 0 Å². The second kappa shape index (κ2) is 7.20. The molecule has 122 valence electrons. The van der Waals surface area contributed by atoms with Crippen LogP contribution < -0.4 is 5.11 Å². The number of aromatic carboxylic acids is 1. The Morgan fingerprint density at radius 2 is 1.64 bits per heavy atom. The minimum atomic E-state index is -1.25. The zero-order chi connectivity index (χ0) is 17.8. The molecular weight excluding hydrogens is 382 g/mol. The van der Waals surface area contributed by atoms with E-state index in [2.05, 4.69) is 22.0 Å². The molecule has 0 saturated carbocycles. The van der Waals surface area contributed by atoms with Crippen molar-refractivity contribution in [1.29, 1.82) is 5.26 Å². The fraction of sp³-hybridized carbons (Fsp3) is 0. The van der Waals surface area contributed by atoms with Crippen molar-refractivity contribution in [3.05, 3.63) is 82.0 Å². The van der Waals surface area contributed by atoms with Crippen molar-refractivity contribution in [1.82, 2.24) is 0 Å². The number of hydrogen-bond acceptors (Lipinski definition) is 4. The van der Waals surface area contributed by atoms with E-state index in [0.29, 0.717) is 22.7 Å². The van der Waals surface area contributed by atoms with Crippen molar-refractivity contribution in [2.45, 2.75) is 0 Å². The highest BCUT2D eigenvalue weighted by Gasteiger charge is 2.06. The van der Waals surface area contributed by atoms with Crippen LogP contribution in [-0.2, 0) is 0 Å². The second-order valence-corrected chi connectivity index (χ2v) is 6.16. The Labute approximate surface area is 152 Å². The van der Waals surface area contributed by atoms with E-state index in [4.69, 9.17) is 4.42 Å². The maximum atomic E-state index is 10.8. The first kappa shape index (κ1) is 16.7. The topological polar surface area (TPSA) is 77.1 Å². The van der Waals surface area contributed by atoms with Crippen LogP contribution in [0.3, 0.4) is 0 Å². The number of hydrogen-bond donors (Lipinski definition) is 0. The lowest BCUT2D eigenvalue weighted by Crippen LogP contribution is -2.21. The van der Waals surface area contributed by atoms with Gasteiger partial charge < -0.3 is 14.3 Å². The summed E-state index contributed by atoms with van der Waals surface area (Å²) in [5, 5.41) is 20.2. The largest absolute Gasteiger partial charge is 0.545 e. The van der Waals surface area contributed by atoms with Crippen molar-refractivity contribution in [3.63, 3.8) is 0 Å². The molecule has 0 radical (unpaired) electrons. The number of carboxylic acid groups (broad SMARTS) is 1. The van der Waals surface area contributed by atoms with Crippen molar-refractivity contribution in [3.8, 4) is 17.4 Å². The van der Waals surface area contributed by atoms with Gasteiger partial charge in [0, 0.05) is 10.0 Å². The number of halogens is 1. The minimum Gasteiger partial charge on any atom is -0.545 e. The van der Waals surface area contributed by atoms with Gasteiger partial charge in [0.2, 0.25) is 0 Å². The van der Waals surface area contributed by atoms with E-state index in [-0.39, 0.29) is 5.56 Å². The lowest BCUT2D eigenvalue weighted by atomic mass is 10.0. The van der Waals surface area contributed by atoms with Crippen LogP contribution in [0.1, 0.15) is 21.7 Å². The number of furan rings is 1. The maximum Gasteiger partial charge on any atom is 0.134 e. The molecule has 5 heteroatoms. The molecule has 3 rings (SSSR count). The van der Waals surface area contributed by atoms with Gasteiger partial charge in [-0.2, -0.15) is 5.26 Å². The summed E-state index contributed by atoms with van der Waals surface area (Å²) in [6.07, 6.45) is 1.62. The van der Waals surface area contributed by atoms with Crippen LogP contribution >= 0.6 is 15.9 Å². The van der Waals surface area contributed by atoms with Gasteiger partial charge in [-0.25, -0.2) is 0 Å². The van der Waals surface area contributed by atoms with Gasteiger partial charge in [-0.3, -0.25) is 0 Å². The quantitative estimate of drug-likeness (QED) is 0.625.